The van der Waals surface area contributed by atoms with Crippen molar-refractivity contribution in [2.24, 2.45) is 0 Å². The van der Waals surface area contributed by atoms with Crippen molar-refractivity contribution >= 4 is 27.7 Å². The molecule has 0 aromatic heterocycles. The summed E-state index contributed by atoms with van der Waals surface area (Å²) in [5.74, 6) is 2.14. The van der Waals surface area contributed by atoms with Crippen LogP contribution in [0.3, 0.4) is 0 Å². The van der Waals surface area contributed by atoms with Crippen LogP contribution in [-0.4, -0.2) is 0 Å². The van der Waals surface area contributed by atoms with Crippen molar-refractivity contribution in [2.75, 3.05) is 0 Å². The van der Waals surface area contributed by atoms with E-state index in [1.165, 1.54) is 11.1 Å². The van der Waals surface area contributed by atoms with Crippen molar-refractivity contribution < 1.29 is 0 Å². The highest BCUT2D eigenvalue weighted by Gasteiger charge is 1.96. The molecule has 0 radical (unpaired) electrons. The third-order valence-corrected chi connectivity index (χ3v) is 3.84. The van der Waals surface area contributed by atoms with Gasteiger partial charge in [0.25, 0.3) is 0 Å². The lowest BCUT2D eigenvalue weighted by molar-refractivity contribution is 1.36. The first kappa shape index (κ1) is 11.7. The van der Waals surface area contributed by atoms with Gasteiger partial charge in [0.2, 0.25) is 0 Å². The van der Waals surface area contributed by atoms with Crippen molar-refractivity contribution in [1.82, 2.24) is 0 Å². The Morgan fingerprint density at radius 1 is 0.812 bits per heavy atom. The van der Waals surface area contributed by atoms with Gasteiger partial charge in [-0.25, -0.2) is 0 Å². The first-order chi connectivity index (χ1) is 7.84. The van der Waals surface area contributed by atoms with E-state index in [-0.39, 0.29) is 0 Å². The van der Waals surface area contributed by atoms with E-state index in [2.05, 4.69) is 70.5 Å². The number of benzene rings is 2. The minimum atomic E-state index is 1.06. The van der Waals surface area contributed by atoms with Crippen LogP contribution in [0.25, 0.3) is 0 Å². The highest BCUT2D eigenvalue weighted by molar-refractivity contribution is 9.10. The number of hydrogen-bond acceptors (Lipinski definition) is 1. The monoisotopic (exact) mass is 292 g/mol. The molecule has 2 aromatic carbocycles. The summed E-state index contributed by atoms with van der Waals surface area (Å²) in [7, 11) is 0. The van der Waals surface area contributed by atoms with Crippen LogP contribution in [0.1, 0.15) is 11.1 Å². The largest absolute Gasteiger partial charge is 0.152 e. The summed E-state index contributed by atoms with van der Waals surface area (Å²) in [5.41, 5.74) is 2.76. The molecule has 2 rings (SSSR count). The Labute approximate surface area is 109 Å². The van der Waals surface area contributed by atoms with Gasteiger partial charge in [0, 0.05) is 16.0 Å². The lowest BCUT2D eigenvalue weighted by Gasteiger charge is -2.02. The molecule has 2 aromatic rings. The molecule has 0 saturated heterocycles. The summed E-state index contributed by atoms with van der Waals surface area (Å²) in [4.78, 5) is 0. The van der Waals surface area contributed by atoms with Gasteiger partial charge in [-0.05, 0) is 23.3 Å². The number of hydrogen-bond donors (Lipinski definition) is 0. The molecule has 2 heteroatoms. The SMILES string of the molecule is Brc1cccc(CSCc2ccccc2)c1. The van der Waals surface area contributed by atoms with Gasteiger partial charge in [0.15, 0.2) is 0 Å². The topological polar surface area (TPSA) is 0 Å². The quantitative estimate of drug-likeness (QED) is 0.774. The van der Waals surface area contributed by atoms with Crippen LogP contribution in [0.2, 0.25) is 0 Å². The zero-order valence-electron chi connectivity index (χ0n) is 8.90. The Morgan fingerprint density at radius 2 is 1.50 bits per heavy atom. The molecule has 0 atom stereocenters. The van der Waals surface area contributed by atoms with E-state index in [1.807, 2.05) is 11.8 Å². The fraction of sp³-hybridized carbons (Fsp3) is 0.143. The van der Waals surface area contributed by atoms with Crippen molar-refractivity contribution in [2.45, 2.75) is 11.5 Å². The zero-order valence-corrected chi connectivity index (χ0v) is 11.3. The molecule has 0 saturated carbocycles. The average Bonchev–Trinajstić information content (AvgIpc) is 2.30. The highest BCUT2D eigenvalue weighted by Crippen LogP contribution is 2.20. The second-order valence-electron chi connectivity index (χ2n) is 3.61. The third-order valence-electron chi connectivity index (χ3n) is 2.27. The summed E-state index contributed by atoms with van der Waals surface area (Å²) in [5, 5.41) is 0. The van der Waals surface area contributed by atoms with Gasteiger partial charge < -0.3 is 0 Å². The summed E-state index contributed by atoms with van der Waals surface area (Å²) in [6.45, 7) is 0. The van der Waals surface area contributed by atoms with E-state index in [9.17, 15) is 0 Å². The van der Waals surface area contributed by atoms with Gasteiger partial charge in [0.1, 0.15) is 0 Å². The fourth-order valence-corrected chi connectivity index (χ4v) is 2.88. The summed E-state index contributed by atoms with van der Waals surface area (Å²) in [6.07, 6.45) is 0. The van der Waals surface area contributed by atoms with Crippen molar-refractivity contribution in [3.63, 3.8) is 0 Å². The molecule has 0 spiro atoms. The summed E-state index contributed by atoms with van der Waals surface area (Å²) < 4.78 is 1.16. The van der Waals surface area contributed by atoms with E-state index in [1.54, 1.807) is 0 Å². The molecule has 16 heavy (non-hydrogen) atoms. The second-order valence-corrected chi connectivity index (χ2v) is 5.51. The number of rotatable bonds is 4. The van der Waals surface area contributed by atoms with E-state index < -0.39 is 0 Å². The van der Waals surface area contributed by atoms with Gasteiger partial charge >= 0.3 is 0 Å². The molecule has 0 aliphatic carbocycles. The molecule has 0 fully saturated rings. The zero-order chi connectivity index (χ0) is 11.2. The normalized spacial score (nSPS) is 10.3. The number of thioether (sulfide) groups is 1. The van der Waals surface area contributed by atoms with Crippen LogP contribution in [0.15, 0.2) is 59.1 Å². The third kappa shape index (κ3) is 3.69. The summed E-state index contributed by atoms with van der Waals surface area (Å²) >= 11 is 5.44. The van der Waals surface area contributed by atoms with Gasteiger partial charge in [-0.3, -0.25) is 0 Å². The van der Waals surface area contributed by atoms with E-state index >= 15 is 0 Å². The van der Waals surface area contributed by atoms with Crippen LogP contribution in [0.4, 0.5) is 0 Å². The van der Waals surface area contributed by atoms with Crippen molar-refractivity contribution in [3.05, 3.63) is 70.2 Å². The Kier molecular flexibility index (Phi) is 4.49. The van der Waals surface area contributed by atoms with Crippen LogP contribution in [-0.2, 0) is 11.5 Å². The minimum absolute atomic E-state index is 1.06. The molecular formula is C14H13BrS. The van der Waals surface area contributed by atoms with E-state index in [0.29, 0.717) is 0 Å². The van der Waals surface area contributed by atoms with Crippen LogP contribution in [0.5, 0.6) is 0 Å². The molecule has 0 amide bonds. The van der Waals surface area contributed by atoms with Gasteiger partial charge in [-0.1, -0.05) is 58.4 Å². The Hall–Kier alpha value is -0.730. The maximum Gasteiger partial charge on any atom is 0.0188 e. The standard InChI is InChI=1S/C14H13BrS/c15-14-8-4-7-13(9-14)11-16-10-12-5-2-1-3-6-12/h1-9H,10-11H2. The Balaban J connectivity index is 1.85. The molecule has 0 bridgehead atoms. The molecule has 0 N–H and O–H groups in total. The van der Waals surface area contributed by atoms with Crippen molar-refractivity contribution in [1.29, 1.82) is 0 Å². The molecule has 0 unspecified atom stereocenters. The van der Waals surface area contributed by atoms with Gasteiger partial charge in [-0.2, -0.15) is 11.8 Å². The first-order valence-corrected chi connectivity index (χ1v) is 7.15. The summed E-state index contributed by atoms with van der Waals surface area (Å²) in [6, 6.07) is 19.1. The molecule has 82 valence electrons. The average molecular weight is 293 g/mol. The first-order valence-electron chi connectivity index (χ1n) is 5.21. The van der Waals surface area contributed by atoms with Crippen LogP contribution >= 0.6 is 27.7 Å². The minimum Gasteiger partial charge on any atom is -0.152 e. The fourth-order valence-electron chi connectivity index (χ4n) is 1.49. The highest BCUT2D eigenvalue weighted by atomic mass is 79.9. The molecule has 0 heterocycles. The molecule has 0 aliphatic rings. The lowest BCUT2D eigenvalue weighted by Crippen LogP contribution is -1.83. The van der Waals surface area contributed by atoms with Gasteiger partial charge in [-0.15, -0.1) is 0 Å². The Bertz CT molecular complexity index is 439. The Morgan fingerprint density at radius 3 is 2.25 bits per heavy atom. The maximum absolute atomic E-state index is 3.49. The predicted molar refractivity (Wildman–Crippen MR) is 75.6 cm³/mol. The second kappa shape index (κ2) is 6.12. The lowest BCUT2D eigenvalue weighted by atomic mass is 10.2. The molecule has 0 nitrogen and oxygen atoms in total. The van der Waals surface area contributed by atoms with Crippen molar-refractivity contribution in [3.8, 4) is 0 Å². The van der Waals surface area contributed by atoms with Crippen LogP contribution < -0.4 is 0 Å². The van der Waals surface area contributed by atoms with Crippen LogP contribution in [0, 0.1) is 0 Å². The molecular weight excluding hydrogens is 280 g/mol. The smallest absolute Gasteiger partial charge is 0.0188 e. The number of halogens is 1. The van der Waals surface area contributed by atoms with E-state index in [4.69, 9.17) is 0 Å². The van der Waals surface area contributed by atoms with Gasteiger partial charge in [0.05, 0.1) is 0 Å². The van der Waals surface area contributed by atoms with E-state index in [0.717, 1.165) is 16.0 Å². The maximum atomic E-state index is 3.49. The predicted octanol–water partition coefficient (Wildman–Crippen LogP) is 4.88. The molecule has 0 aliphatic heterocycles.